The third-order valence-electron chi connectivity index (χ3n) is 2.88. The lowest BCUT2D eigenvalue weighted by Gasteiger charge is -2.26. The quantitative estimate of drug-likeness (QED) is 0.794. The molecule has 0 aromatic heterocycles. The van der Waals surface area contributed by atoms with Crippen molar-refractivity contribution in [1.29, 1.82) is 0 Å². The molecule has 0 unspecified atom stereocenters. The van der Waals surface area contributed by atoms with Crippen molar-refractivity contribution in [2.75, 3.05) is 0 Å². The van der Waals surface area contributed by atoms with Gasteiger partial charge in [0.05, 0.1) is 0 Å². The number of rotatable bonds is 6. The summed E-state index contributed by atoms with van der Waals surface area (Å²) in [4.78, 5) is 10.9. The Morgan fingerprint density at radius 3 is 2.35 bits per heavy atom. The molecule has 0 aliphatic rings. The van der Waals surface area contributed by atoms with Gasteiger partial charge in [-0.3, -0.25) is 4.79 Å². The number of carbonyl (C=O) groups is 1. The zero-order valence-electron chi connectivity index (χ0n) is 10.9. The average molecular weight is 234 g/mol. The molecule has 17 heavy (non-hydrogen) atoms. The number of primary amides is 1. The van der Waals surface area contributed by atoms with Crippen molar-refractivity contribution < 1.29 is 4.79 Å². The van der Waals surface area contributed by atoms with Crippen LogP contribution in [0.15, 0.2) is 24.3 Å². The van der Waals surface area contributed by atoms with Crippen LogP contribution in [0.3, 0.4) is 0 Å². The van der Waals surface area contributed by atoms with Gasteiger partial charge in [-0.2, -0.15) is 0 Å². The molecule has 0 spiro atoms. The molecule has 0 fully saturated rings. The maximum atomic E-state index is 10.9. The van der Waals surface area contributed by atoms with Crippen LogP contribution in [0.5, 0.6) is 0 Å². The first kappa shape index (κ1) is 13.7. The maximum absolute atomic E-state index is 10.9. The summed E-state index contributed by atoms with van der Waals surface area (Å²) in [6, 6.07) is 7.42. The van der Waals surface area contributed by atoms with Crippen molar-refractivity contribution in [3.05, 3.63) is 35.4 Å². The predicted molar refractivity (Wildman–Crippen MR) is 70.8 cm³/mol. The van der Waals surface area contributed by atoms with Crippen LogP contribution in [-0.4, -0.2) is 11.4 Å². The van der Waals surface area contributed by atoms with Crippen LogP contribution in [0.25, 0.3) is 0 Å². The molecule has 0 atom stereocenters. The summed E-state index contributed by atoms with van der Waals surface area (Å²) < 4.78 is 0. The molecule has 1 aromatic rings. The van der Waals surface area contributed by atoms with Crippen molar-refractivity contribution in [2.45, 2.75) is 45.7 Å². The highest BCUT2D eigenvalue weighted by molar-refractivity contribution is 5.92. The zero-order chi connectivity index (χ0) is 12.9. The van der Waals surface area contributed by atoms with Crippen LogP contribution in [0.2, 0.25) is 0 Å². The van der Waals surface area contributed by atoms with Crippen LogP contribution in [0, 0.1) is 0 Å². The van der Waals surface area contributed by atoms with Crippen molar-refractivity contribution in [3.8, 4) is 0 Å². The monoisotopic (exact) mass is 234 g/mol. The first-order valence-corrected chi connectivity index (χ1v) is 6.08. The lowest BCUT2D eigenvalue weighted by atomic mass is 9.98. The molecule has 0 aliphatic carbocycles. The van der Waals surface area contributed by atoms with Gasteiger partial charge in [-0.05, 0) is 38.0 Å². The number of carbonyl (C=O) groups excluding carboxylic acids is 1. The van der Waals surface area contributed by atoms with E-state index in [-0.39, 0.29) is 11.4 Å². The molecule has 3 N–H and O–H groups in total. The molecular weight excluding hydrogens is 212 g/mol. The normalized spacial score (nSPS) is 11.5. The fourth-order valence-electron chi connectivity index (χ4n) is 1.84. The van der Waals surface area contributed by atoms with Gasteiger partial charge in [0.2, 0.25) is 5.91 Å². The summed E-state index contributed by atoms with van der Waals surface area (Å²) in [6.07, 6.45) is 2.31. The van der Waals surface area contributed by atoms with E-state index in [9.17, 15) is 4.79 Å². The average Bonchev–Trinajstić information content (AvgIpc) is 2.27. The first-order valence-electron chi connectivity index (χ1n) is 6.08. The number of benzene rings is 1. The van der Waals surface area contributed by atoms with Crippen LogP contribution >= 0.6 is 0 Å². The SMILES string of the molecule is CCCC(C)(C)NCc1ccc(C(N)=O)cc1. The molecule has 0 saturated heterocycles. The topological polar surface area (TPSA) is 55.1 Å². The fraction of sp³-hybridized carbons (Fsp3) is 0.500. The highest BCUT2D eigenvalue weighted by atomic mass is 16.1. The Labute approximate surface area is 103 Å². The van der Waals surface area contributed by atoms with Gasteiger partial charge in [0.15, 0.2) is 0 Å². The molecule has 0 heterocycles. The van der Waals surface area contributed by atoms with Gasteiger partial charge >= 0.3 is 0 Å². The lowest BCUT2D eigenvalue weighted by molar-refractivity contribution is 0.100. The number of nitrogens with one attached hydrogen (secondary N) is 1. The van der Waals surface area contributed by atoms with E-state index in [0.29, 0.717) is 5.56 Å². The number of nitrogens with two attached hydrogens (primary N) is 1. The molecule has 0 bridgehead atoms. The molecule has 0 aliphatic heterocycles. The summed E-state index contributed by atoms with van der Waals surface area (Å²) in [6.45, 7) is 7.40. The molecule has 94 valence electrons. The maximum Gasteiger partial charge on any atom is 0.248 e. The van der Waals surface area contributed by atoms with Gasteiger partial charge in [-0.15, -0.1) is 0 Å². The van der Waals surface area contributed by atoms with Crippen LogP contribution in [0.4, 0.5) is 0 Å². The smallest absolute Gasteiger partial charge is 0.248 e. The standard InChI is InChI=1S/C14H22N2O/c1-4-9-14(2,3)16-10-11-5-7-12(8-6-11)13(15)17/h5-8,16H,4,9-10H2,1-3H3,(H2,15,17). The first-order chi connectivity index (χ1) is 7.94. The van der Waals surface area contributed by atoms with E-state index in [1.54, 1.807) is 12.1 Å². The fourth-order valence-corrected chi connectivity index (χ4v) is 1.84. The Bertz CT molecular complexity index is 368. The van der Waals surface area contributed by atoms with Crippen molar-refractivity contribution >= 4 is 5.91 Å². The van der Waals surface area contributed by atoms with Crippen molar-refractivity contribution in [1.82, 2.24) is 5.32 Å². The second kappa shape index (κ2) is 5.82. The minimum Gasteiger partial charge on any atom is -0.366 e. The van der Waals surface area contributed by atoms with E-state index < -0.39 is 0 Å². The summed E-state index contributed by atoms with van der Waals surface area (Å²) in [5, 5.41) is 3.51. The summed E-state index contributed by atoms with van der Waals surface area (Å²) >= 11 is 0. The van der Waals surface area contributed by atoms with Crippen LogP contribution in [0.1, 0.15) is 49.5 Å². The highest BCUT2D eigenvalue weighted by Gasteiger charge is 2.14. The third kappa shape index (κ3) is 4.57. The van der Waals surface area contributed by atoms with E-state index in [1.165, 1.54) is 12.0 Å². The van der Waals surface area contributed by atoms with E-state index >= 15 is 0 Å². The van der Waals surface area contributed by atoms with Gasteiger partial charge in [-0.25, -0.2) is 0 Å². The van der Waals surface area contributed by atoms with Gasteiger partial charge in [-0.1, -0.05) is 25.5 Å². The predicted octanol–water partition coefficient (Wildman–Crippen LogP) is 2.45. The summed E-state index contributed by atoms with van der Waals surface area (Å²) in [5.74, 6) is -0.379. The number of hydrogen-bond acceptors (Lipinski definition) is 2. The van der Waals surface area contributed by atoms with Gasteiger partial charge in [0, 0.05) is 17.6 Å². The Balaban J connectivity index is 2.55. The van der Waals surface area contributed by atoms with Gasteiger partial charge < -0.3 is 11.1 Å². The van der Waals surface area contributed by atoms with Gasteiger partial charge in [0.1, 0.15) is 0 Å². The molecule has 0 radical (unpaired) electrons. The Hall–Kier alpha value is -1.35. The minimum atomic E-state index is -0.379. The van der Waals surface area contributed by atoms with Crippen molar-refractivity contribution in [2.24, 2.45) is 5.73 Å². The molecule has 0 saturated carbocycles. The van der Waals surface area contributed by atoms with E-state index in [0.717, 1.165) is 13.0 Å². The molecule has 1 amide bonds. The highest BCUT2D eigenvalue weighted by Crippen LogP contribution is 2.12. The Kier molecular flexibility index (Phi) is 4.70. The van der Waals surface area contributed by atoms with Crippen LogP contribution < -0.4 is 11.1 Å². The molecule has 3 heteroatoms. The minimum absolute atomic E-state index is 0.150. The zero-order valence-corrected chi connectivity index (χ0v) is 10.9. The summed E-state index contributed by atoms with van der Waals surface area (Å²) in [5.41, 5.74) is 7.06. The van der Waals surface area contributed by atoms with E-state index in [1.807, 2.05) is 12.1 Å². The summed E-state index contributed by atoms with van der Waals surface area (Å²) in [7, 11) is 0. The molecule has 3 nitrogen and oxygen atoms in total. The second-order valence-corrected chi connectivity index (χ2v) is 5.05. The third-order valence-corrected chi connectivity index (χ3v) is 2.88. The Morgan fingerprint density at radius 2 is 1.88 bits per heavy atom. The molecule has 1 rings (SSSR count). The number of hydrogen-bond donors (Lipinski definition) is 2. The van der Waals surface area contributed by atoms with E-state index in [2.05, 4.69) is 26.1 Å². The number of amides is 1. The van der Waals surface area contributed by atoms with Crippen LogP contribution in [-0.2, 0) is 6.54 Å². The Morgan fingerprint density at radius 1 is 1.29 bits per heavy atom. The molecule has 1 aromatic carbocycles. The van der Waals surface area contributed by atoms with Gasteiger partial charge in [0.25, 0.3) is 0 Å². The molecular formula is C14H22N2O. The second-order valence-electron chi connectivity index (χ2n) is 5.05. The van der Waals surface area contributed by atoms with Crippen molar-refractivity contribution in [3.63, 3.8) is 0 Å². The lowest BCUT2D eigenvalue weighted by Crippen LogP contribution is -2.38. The largest absolute Gasteiger partial charge is 0.366 e. The van der Waals surface area contributed by atoms with E-state index in [4.69, 9.17) is 5.73 Å².